The van der Waals surface area contributed by atoms with Crippen LogP contribution in [0.15, 0.2) is 28.7 Å². The number of rotatable bonds is 5. The molecule has 0 unspecified atom stereocenters. The van der Waals surface area contributed by atoms with E-state index in [1.165, 1.54) is 5.56 Å². The van der Waals surface area contributed by atoms with Gasteiger partial charge in [-0.1, -0.05) is 28.1 Å². The fourth-order valence-electron chi connectivity index (χ4n) is 1.47. The van der Waals surface area contributed by atoms with E-state index in [4.69, 9.17) is 0 Å². The SMILES string of the molecule is O=C(CNCc1cccc(Br)c1)NC1CC1. The number of amides is 1. The number of nitrogens with one attached hydrogen (secondary N) is 2. The van der Waals surface area contributed by atoms with Crippen molar-refractivity contribution in [1.29, 1.82) is 0 Å². The van der Waals surface area contributed by atoms with Gasteiger partial charge in [0.1, 0.15) is 0 Å². The zero-order valence-corrected chi connectivity index (χ0v) is 10.6. The largest absolute Gasteiger partial charge is 0.352 e. The van der Waals surface area contributed by atoms with Gasteiger partial charge in [0.15, 0.2) is 0 Å². The van der Waals surface area contributed by atoms with E-state index in [2.05, 4.69) is 26.6 Å². The molecule has 0 heterocycles. The molecule has 0 aromatic heterocycles. The Morgan fingerprint density at radius 2 is 2.25 bits per heavy atom. The summed E-state index contributed by atoms with van der Waals surface area (Å²) in [6.45, 7) is 1.11. The van der Waals surface area contributed by atoms with Gasteiger partial charge in [0.2, 0.25) is 5.91 Å². The van der Waals surface area contributed by atoms with Gasteiger partial charge in [-0.25, -0.2) is 0 Å². The molecule has 0 radical (unpaired) electrons. The van der Waals surface area contributed by atoms with Gasteiger partial charge in [-0.05, 0) is 30.5 Å². The Kier molecular flexibility index (Phi) is 3.96. The van der Waals surface area contributed by atoms with Crippen molar-refractivity contribution in [1.82, 2.24) is 10.6 Å². The summed E-state index contributed by atoms with van der Waals surface area (Å²) >= 11 is 3.42. The van der Waals surface area contributed by atoms with Gasteiger partial charge in [-0.2, -0.15) is 0 Å². The second-order valence-electron chi connectivity index (χ2n) is 4.08. The molecule has 0 aliphatic heterocycles. The second kappa shape index (κ2) is 5.46. The minimum Gasteiger partial charge on any atom is -0.352 e. The van der Waals surface area contributed by atoms with E-state index in [-0.39, 0.29) is 5.91 Å². The molecule has 0 atom stereocenters. The molecule has 2 N–H and O–H groups in total. The minimum atomic E-state index is 0.0949. The van der Waals surface area contributed by atoms with E-state index in [1.54, 1.807) is 0 Å². The number of benzene rings is 1. The van der Waals surface area contributed by atoms with Crippen molar-refractivity contribution < 1.29 is 4.79 Å². The highest BCUT2D eigenvalue weighted by Crippen LogP contribution is 2.18. The summed E-state index contributed by atoms with van der Waals surface area (Å²) in [6.07, 6.45) is 2.27. The smallest absolute Gasteiger partial charge is 0.234 e. The van der Waals surface area contributed by atoms with Crippen molar-refractivity contribution >= 4 is 21.8 Å². The summed E-state index contributed by atoms with van der Waals surface area (Å²) in [7, 11) is 0. The highest BCUT2D eigenvalue weighted by atomic mass is 79.9. The van der Waals surface area contributed by atoms with Gasteiger partial charge < -0.3 is 10.6 Å². The highest BCUT2D eigenvalue weighted by molar-refractivity contribution is 9.10. The van der Waals surface area contributed by atoms with Crippen LogP contribution in [0.4, 0.5) is 0 Å². The van der Waals surface area contributed by atoms with E-state index in [0.29, 0.717) is 12.6 Å². The van der Waals surface area contributed by atoms with Crippen LogP contribution in [0.2, 0.25) is 0 Å². The van der Waals surface area contributed by atoms with Gasteiger partial charge in [0.05, 0.1) is 6.54 Å². The summed E-state index contributed by atoms with van der Waals surface area (Å²) in [5.74, 6) is 0.0949. The van der Waals surface area contributed by atoms with E-state index < -0.39 is 0 Å². The topological polar surface area (TPSA) is 41.1 Å². The van der Waals surface area contributed by atoms with Gasteiger partial charge >= 0.3 is 0 Å². The zero-order valence-electron chi connectivity index (χ0n) is 9.00. The first-order valence-corrected chi connectivity index (χ1v) is 6.28. The quantitative estimate of drug-likeness (QED) is 0.865. The van der Waals surface area contributed by atoms with Crippen LogP contribution in [0.3, 0.4) is 0 Å². The molecule has 1 fully saturated rings. The van der Waals surface area contributed by atoms with Crippen LogP contribution >= 0.6 is 15.9 Å². The second-order valence-corrected chi connectivity index (χ2v) is 4.99. The van der Waals surface area contributed by atoms with Crippen LogP contribution in [0.1, 0.15) is 18.4 Å². The zero-order chi connectivity index (χ0) is 11.4. The van der Waals surface area contributed by atoms with Crippen LogP contribution in [0.25, 0.3) is 0 Å². The van der Waals surface area contributed by atoms with E-state index in [1.807, 2.05) is 24.3 Å². The molecule has 1 aliphatic rings. The van der Waals surface area contributed by atoms with E-state index in [9.17, 15) is 4.79 Å². The minimum absolute atomic E-state index is 0.0949. The number of hydrogen-bond donors (Lipinski definition) is 2. The summed E-state index contributed by atoms with van der Waals surface area (Å²) < 4.78 is 1.06. The predicted molar refractivity (Wildman–Crippen MR) is 67.0 cm³/mol. The third-order valence-electron chi connectivity index (χ3n) is 2.45. The molecule has 0 bridgehead atoms. The van der Waals surface area contributed by atoms with Crippen LogP contribution in [-0.2, 0) is 11.3 Å². The van der Waals surface area contributed by atoms with Crippen molar-refractivity contribution in [2.24, 2.45) is 0 Å². The van der Waals surface area contributed by atoms with Crippen molar-refractivity contribution in [2.75, 3.05) is 6.54 Å². The first-order chi connectivity index (χ1) is 7.74. The molecule has 1 aromatic rings. The molecular formula is C12H15BrN2O. The standard InChI is InChI=1S/C12H15BrN2O/c13-10-3-1-2-9(6-10)7-14-8-12(16)15-11-4-5-11/h1-3,6,11,14H,4-5,7-8H2,(H,15,16). The van der Waals surface area contributed by atoms with E-state index >= 15 is 0 Å². The molecule has 1 aromatic carbocycles. The summed E-state index contributed by atoms with van der Waals surface area (Å²) in [4.78, 5) is 11.4. The maximum Gasteiger partial charge on any atom is 0.234 e. The lowest BCUT2D eigenvalue weighted by molar-refractivity contribution is -0.120. The van der Waals surface area contributed by atoms with Crippen LogP contribution in [0.5, 0.6) is 0 Å². The van der Waals surface area contributed by atoms with Gasteiger partial charge in [0.25, 0.3) is 0 Å². The Balaban J connectivity index is 1.68. The molecule has 1 amide bonds. The Bertz CT molecular complexity index is 377. The summed E-state index contributed by atoms with van der Waals surface area (Å²) in [6, 6.07) is 8.51. The predicted octanol–water partition coefficient (Wildman–Crippen LogP) is 1.82. The van der Waals surface area contributed by atoms with Crippen molar-refractivity contribution in [3.63, 3.8) is 0 Å². The first-order valence-electron chi connectivity index (χ1n) is 5.48. The average Bonchev–Trinajstić information content (AvgIpc) is 3.02. The average molecular weight is 283 g/mol. The number of carbonyl (C=O) groups excluding carboxylic acids is 1. The summed E-state index contributed by atoms with van der Waals surface area (Å²) in [5.41, 5.74) is 1.17. The molecule has 86 valence electrons. The molecule has 4 heteroatoms. The Morgan fingerprint density at radius 1 is 1.44 bits per heavy atom. The third-order valence-corrected chi connectivity index (χ3v) is 2.94. The molecule has 0 spiro atoms. The fourth-order valence-corrected chi connectivity index (χ4v) is 1.92. The maximum absolute atomic E-state index is 11.4. The van der Waals surface area contributed by atoms with Crippen molar-refractivity contribution in [2.45, 2.75) is 25.4 Å². The molecule has 16 heavy (non-hydrogen) atoms. The maximum atomic E-state index is 11.4. The Morgan fingerprint density at radius 3 is 2.94 bits per heavy atom. The Labute approximate surface area is 104 Å². The molecule has 0 saturated heterocycles. The molecular weight excluding hydrogens is 268 g/mol. The van der Waals surface area contributed by atoms with Crippen molar-refractivity contribution in [3.05, 3.63) is 34.3 Å². The van der Waals surface area contributed by atoms with Gasteiger partial charge in [-0.15, -0.1) is 0 Å². The number of hydrogen-bond acceptors (Lipinski definition) is 2. The third kappa shape index (κ3) is 3.94. The van der Waals surface area contributed by atoms with Crippen LogP contribution in [-0.4, -0.2) is 18.5 Å². The fraction of sp³-hybridized carbons (Fsp3) is 0.417. The van der Waals surface area contributed by atoms with Crippen molar-refractivity contribution in [3.8, 4) is 0 Å². The van der Waals surface area contributed by atoms with Gasteiger partial charge in [-0.3, -0.25) is 4.79 Å². The lowest BCUT2D eigenvalue weighted by atomic mass is 10.2. The molecule has 3 nitrogen and oxygen atoms in total. The number of carbonyl (C=O) groups is 1. The highest BCUT2D eigenvalue weighted by Gasteiger charge is 2.22. The monoisotopic (exact) mass is 282 g/mol. The first kappa shape index (κ1) is 11.6. The Hall–Kier alpha value is -0.870. The van der Waals surface area contributed by atoms with Gasteiger partial charge in [0, 0.05) is 17.1 Å². The number of halogens is 1. The molecule has 1 saturated carbocycles. The molecule has 2 rings (SSSR count). The molecule has 1 aliphatic carbocycles. The lowest BCUT2D eigenvalue weighted by Gasteiger charge is -2.06. The normalized spacial score (nSPS) is 14.8. The van der Waals surface area contributed by atoms with Crippen LogP contribution < -0.4 is 10.6 Å². The summed E-state index contributed by atoms with van der Waals surface area (Å²) in [5, 5.41) is 6.07. The van der Waals surface area contributed by atoms with E-state index in [0.717, 1.165) is 23.9 Å². The van der Waals surface area contributed by atoms with Crippen LogP contribution in [0, 0.1) is 0 Å². The lowest BCUT2D eigenvalue weighted by Crippen LogP contribution is -2.34.